The van der Waals surface area contributed by atoms with Crippen LogP contribution >= 0.6 is 11.3 Å². The summed E-state index contributed by atoms with van der Waals surface area (Å²) in [6.07, 6.45) is 3.37. The largest absolute Gasteiger partial charge is 0.378 e. The summed E-state index contributed by atoms with van der Waals surface area (Å²) < 4.78 is 5.65. The molecule has 0 aromatic carbocycles. The summed E-state index contributed by atoms with van der Waals surface area (Å²) in [4.78, 5) is 16.0. The average Bonchev–Trinajstić information content (AvgIpc) is 2.79. The highest BCUT2D eigenvalue weighted by Crippen LogP contribution is 2.47. The van der Waals surface area contributed by atoms with Crippen molar-refractivity contribution in [2.75, 3.05) is 13.2 Å². The Morgan fingerprint density at radius 1 is 1.55 bits per heavy atom. The van der Waals surface area contributed by atoms with E-state index >= 15 is 0 Å². The summed E-state index contributed by atoms with van der Waals surface area (Å²) in [6, 6.07) is 4.18. The first kappa shape index (κ1) is 12.8. The fourth-order valence-corrected chi connectivity index (χ4v) is 4.19. The third-order valence-corrected chi connectivity index (χ3v) is 5.85. The number of nitrogens with zero attached hydrogens (tertiary/aromatic N) is 1. The number of carbonyl (C=O) groups excluding carboxylic acids is 1. The van der Waals surface area contributed by atoms with Crippen LogP contribution in [0.25, 0.3) is 0 Å². The molecule has 3 fully saturated rings. The first-order valence-electron chi connectivity index (χ1n) is 7.43. The highest BCUT2D eigenvalue weighted by Gasteiger charge is 2.59. The minimum atomic E-state index is -0.239. The van der Waals surface area contributed by atoms with Crippen LogP contribution in [0.3, 0.4) is 0 Å². The Morgan fingerprint density at radius 2 is 2.40 bits per heavy atom. The first-order valence-corrected chi connectivity index (χ1v) is 8.31. The second-order valence-electron chi connectivity index (χ2n) is 6.23. The van der Waals surface area contributed by atoms with Crippen LogP contribution in [0.1, 0.15) is 37.2 Å². The zero-order valence-electron chi connectivity index (χ0n) is 11.7. The van der Waals surface area contributed by atoms with Crippen molar-refractivity contribution >= 4 is 17.2 Å². The Balaban J connectivity index is 1.59. The standard InChI is InChI=1S/C15H20N2O2S/c1-10-11(4-7-19-10)9-17-13(12-3-2-8-20-12)16-15(5-6-15)14(17)18/h2-3,8,10-11,13,16H,4-7,9H2,1H3. The molecule has 20 heavy (non-hydrogen) atoms. The summed E-state index contributed by atoms with van der Waals surface area (Å²) in [5.74, 6) is 0.770. The van der Waals surface area contributed by atoms with E-state index in [4.69, 9.17) is 4.74 Å². The van der Waals surface area contributed by atoms with Gasteiger partial charge in [0.1, 0.15) is 11.7 Å². The van der Waals surface area contributed by atoms with Crippen molar-refractivity contribution in [3.05, 3.63) is 22.4 Å². The third kappa shape index (κ3) is 1.91. The SMILES string of the molecule is CC1OCCC1CN1C(=O)C2(CC2)NC1c1cccs1. The van der Waals surface area contributed by atoms with E-state index < -0.39 is 0 Å². The highest BCUT2D eigenvalue weighted by atomic mass is 32.1. The molecule has 2 aliphatic heterocycles. The Hall–Kier alpha value is -0.910. The molecule has 1 N–H and O–H groups in total. The van der Waals surface area contributed by atoms with Gasteiger partial charge in [0.15, 0.2) is 0 Å². The summed E-state index contributed by atoms with van der Waals surface area (Å²) >= 11 is 1.73. The van der Waals surface area contributed by atoms with Crippen molar-refractivity contribution in [3.63, 3.8) is 0 Å². The molecular weight excluding hydrogens is 272 g/mol. The average molecular weight is 292 g/mol. The van der Waals surface area contributed by atoms with Crippen molar-refractivity contribution in [1.29, 1.82) is 0 Å². The molecule has 3 unspecified atom stereocenters. The van der Waals surface area contributed by atoms with Crippen molar-refractivity contribution < 1.29 is 9.53 Å². The third-order valence-electron chi connectivity index (χ3n) is 4.92. The molecule has 108 valence electrons. The second-order valence-corrected chi connectivity index (χ2v) is 7.21. The van der Waals surface area contributed by atoms with Gasteiger partial charge in [-0.25, -0.2) is 0 Å². The van der Waals surface area contributed by atoms with Gasteiger partial charge in [-0.3, -0.25) is 10.1 Å². The monoisotopic (exact) mass is 292 g/mol. The van der Waals surface area contributed by atoms with Crippen molar-refractivity contribution in [3.8, 4) is 0 Å². The van der Waals surface area contributed by atoms with Gasteiger partial charge in [0.05, 0.1) is 6.10 Å². The number of ether oxygens (including phenoxy) is 1. The number of rotatable bonds is 3. The van der Waals surface area contributed by atoms with Crippen LogP contribution in [0, 0.1) is 5.92 Å². The van der Waals surface area contributed by atoms with E-state index in [-0.39, 0.29) is 17.8 Å². The summed E-state index contributed by atoms with van der Waals surface area (Å²) in [5.41, 5.74) is -0.239. The van der Waals surface area contributed by atoms with Gasteiger partial charge in [0.25, 0.3) is 0 Å². The Labute approximate surface area is 123 Å². The molecule has 1 amide bonds. The van der Waals surface area contributed by atoms with Crippen LogP contribution in [0.5, 0.6) is 0 Å². The van der Waals surface area contributed by atoms with E-state index in [1.807, 2.05) is 0 Å². The smallest absolute Gasteiger partial charge is 0.244 e. The molecule has 1 saturated carbocycles. The molecule has 1 aromatic rings. The molecular formula is C15H20N2O2S. The van der Waals surface area contributed by atoms with Gasteiger partial charge in [-0.05, 0) is 37.6 Å². The van der Waals surface area contributed by atoms with Crippen LogP contribution in [0.4, 0.5) is 0 Å². The van der Waals surface area contributed by atoms with E-state index in [2.05, 4.69) is 34.7 Å². The van der Waals surface area contributed by atoms with E-state index in [1.165, 1.54) is 4.88 Å². The fraction of sp³-hybridized carbons (Fsp3) is 0.667. The molecule has 0 radical (unpaired) electrons. The van der Waals surface area contributed by atoms with Crippen LogP contribution in [0.2, 0.25) is 0 Å². The van der Waals surface area contributed by atoms with E-state index in [1.54, 1.807) is 11.3 Å². The molecule has 4 nitrogen and oxygen atoms in total. The Bertz CT molecular complexity index is 512. The zero-order valence-corrected chi connectivity index (χ0v) is 12.5. The number of thiophene rings is 1. The topological polar surface area (TPSA) is 41.6 Å². The lowest BCUT2D eigenvalue weighted by molar-refractivity contribution is -0.131. The number of nitrogens with one attached hydrogen (secondary N) is 1. The first-order chi connectivity index (χ1) is 9.70. The maximum Gasteiger partial charge on any atom is 0.244 e. The van der Waals surface area contributed by atoms with E-state index in [0.717, 1.165) is 32.4 Å². The van der Waals surface area contributed by atoms with E-state index in [9.17, 15) is 4.79 Å². The van der Waals surface area contributed by atoms with Crippen LogP contribution in [-0.4, -0.2) is 35.6 Å². The van der Waals surface area contributed by atoms with Gasteiger partial charge in [0.2, 0.25) is 5.91 Å². The molecule has 5 heteroatoms. The predicted molar refractivity (Wildman–Crippen MR) is 77.4 cm³/mol. The maximum absolute atomic E-state index is 12.7. The minimum absolute atomic E-state index is 0.0674. The van der Waals surface area contributed by atoms with Gasteiger partial charge in [-0.15, -0.1) is 11.3 Å². The molecule has 1 spiro atoms. The minimum Gasteiger partial charge on any atom is -0.378 e. The molecule has 1 aromatic heterocycles. The van der Waals surface area contributed by atoms with Crippen LogP contribution in [-0.2, 0) is 9.53 Å². The van der Waals surface area contributed by atoms with Crippen molar-refractivity contribution in [1.82, 2.24) is 10.2 Å². The predicted octanol–water partition coefficient (Wildman–Crippen LogP) is 2.14. The number of carbonyl (C=O) groups is 1. The fourth-order valence-electron chi connectivity index (χ4n) is 3.41. The molecule has 3 aliphatic rings. The summed E-state index contributed by atoms with van der Waals surface area (Å²) in [5, 5.41) is 5.66. The second kappa shape index (κ2) is 4.55. The zero-order chi connectivity index (χ0) is 13.7. The maximum atomic E-state index is 12.7. The number of amides is 1. The molecule has 4 rings (SSSR count). The molecule has 3 heterocycles. The quantitative estimate of drug-likeness (QED) is 0.928. The van der Waals surface area contributed by atoms with Crippen LogP contribution < -0.4 is 5.32 Å². The summed E-state index contributed by atoms with van der Waals surface area (Å²) in [7, 11) is 0. The van der Waals surface area contributed by atoms with Crippen LogP contribution in [0.15, 0.2) is 17.5 Å². The number of hydrogen-bond acceptors (Lipinski definition) is 4. The molecule has 3 atom stereocenters. The molecule has 0 bridgehead atoms. The van der Waals surface area contributed by atoms with Gasteiger partial charge in [0, 0.05) is 23.9 Å². The van der Waals surface area contributed by atoms with Gasteiger partial charge in [-0.1, -0.05) is 6.07 Å². The van der Waals surface area contributed by atoms with Gasteiger partial charge < -0.3 is 9.64 Å². The lowest BCUT2D eigenvalue weighted by atomic mass is 10.0. The lowest BCUT2D eigenvalue weighted by Crippen LogP contribution is -2.37. The van der Waals surface area contributed by atoms with Crippen molar-refractivity contribution in [2.24, 2.45) is 5.92 Å². The van der Waals surface area contributed by atoms with Gasteiger partial charge in [-0.2, -0.15) is 0 Å². The Morgan fingerprint density at radius 3 is 3.00 bits per heavy atom. The van der Waals surface area contributed by atoms with E-state index in [0.29, 0.717) is 11.8 Å². The highest BCUT2D eigenvalue weighted by molar-refractivity contribution is 7.10. The number of hydrogen-bond donors (Lipinski definition) is 1. The normalized spacial score (nSPS) is 35.1. The molecule has 1 aliphatic carbocycles. The van der Waals surface area contributed by atoms with Crippen molar-refractivity contribution in [2.45, 2.75) is 44.0 Å². The summed E-state index contributed by atoms with van der Waals surface area (Å²) in [6.45, 7) is 3.77. The lowest BCUT2D eigenvalue weighted by Gasteiger charge is -2.27. The van der Waals surface area contributed by atoms with Gasteiger partial charge >= 0.3 is 0 Å². The molecule has 2 saturated heterocycles. The Kier molecular flexibility index (Phi) is 2.91.